The summed E-state index contributed by atoms with van der Waals surface area (Å²) in [6.07, 6.45) is 2.04. The van der Waals surface area contributed by atoms with Crippen LogP contribution >= 0.6 is 11.3 Å². The summed E-state index contributed by atoms with van der Waals surface area (Å²) in [5, 5.41) is 13.9. The lowest BCUT2D eigenvalue weighted by molar-refractivity contribution is 0.0988. The Balaban J connectivity index is 1.70. The van der Waals surface area contributed by atoms with Crippen LogP contribution < -0.4 is 5.32 Å². The number of aryl methyl sites for hydroxylation is 1. The molecule has 0 saturated carbocycles. The second-order valence-corrected chi connectivity index (χ2v) is 5.32. The van der Waals surface area contributed by atoms with E-state index in [9.17, 15) is 4.79 Å². The van der Waals surface area contributed by atoms with Crippen LogP contribution in [-0.4, -0.2) is 38.9 Å². The molecule has 2 aromatic rings. The van der Waals surface area contributed by atoms with Crippen molar-refractivity contribution in [1.29, 1.82) is 0 Å². The zero-order chi connectivity index (χ0) is 12.5. The van der Waals surface area contributed by atoms with Crippen LogP contribution in [0.3, 0.4) is 0 Å². The molecule has 6 nitrogen and oxygen atoms in total. The van der Waals surface area contributed by atoms with Crippen LogP contribution in [0.15, 0.2) is 11.6 Å². The van der Waals surface area contributed by atoms with Gasteiger partial charge < -0.3 is 5.32 Å². The van der Waals surface area contributed by atoms with Crippen molar-refractivity contribution >= 4 is 17.1 Å². The average Bonchev–Trinajstić information content (AvgIpc) is 2.86. The van der Waals surface area contributed by atoms with Gasteiger partial charge in [0.15, 0.2) is 5.78 Å². The fraction of sp³-hybridized carbons (Fsp3) is 0.455. The SMILES string of the molecule is Cc1csc(CC(=O)c2cn(C3CNC3)nn2)n1. The summed E-state index contributed by atoms with van der Waals surface area (Å²) in [4.78, 5) is 16.3. The van der Waals surface area contributed by atoms with E-state index in [1.165, 1.54) is 11.3 Å². The summed E-state index contributed by atoms with van der Waals surface area (Å²) in [6, 6.07) is 0.334. The first kappa shape index (κ1) is 11.5. The van der Waals surface area contributed by atoms with Crippen LogP contribution in [0.5, 0.6) is 0 Å². The maximum Gasteiger partial charge on any atom is 0.191 e. The van der Waals surface area contributed by atoms with Crippen molar-refractivity contribution in [1.82, 2.24) is 25.3 Å². The van der Waals surface area contributed by atoms with Gasteiger partial charge in [0.1, 0.15) is 10.7 Å². The van der Waals surface area contributed by atoms with Gasteiger partial charge in [-0.2, -0.15) is 0 Å². The average molecular weight is 263 g/mol. The van der Waals surface area contributed by atoms with Crippen molar-refractivity contribution in [3.63, 3.8) is 0 Å². The van der Waals surface area contributed by atoms with Gasteiger partial charge in [0.25, 0.3) is 0 Å². The molecule has 3 rings (SSSR count). The first-order valence-corrected chi connectivity index (χ1v) is 6.67. The monoisotopic (exact) mass is 263 g/mol. The number of thiazole rings is 1. The van der Waals surface area contributed by atoms with E-state index in [4.69, 9.17) is 0 Å². The van der Waals surface area contributed by atoms with E-state index in [2.05, 4.69) is 20.6 Å². The molecule has 0 aromatic carbocycles. The summed E-state index contributed by atoms with van der Waals surface area (Å²) in [7, 11) is 0. The summed E-state index contributed by atoms with van der Waals surface area (Å²) < 4.78 is 1.76. The third-order valence-corrected chi connectivity index (χ3v) is 3.88. The Labute approximate surface area is 108 Å². The summed E-state index contributed by atoms with van der Waals surface area (Å²) in [5.74, 6) is -0.0251. The molecular formula is C11H13N5OS. The molecule has 1 fully saturated rings. The van der Waals surface area contributed by atoms with Gasteiger partial charge in [0, 0.05) is 24.2 Å². The van der Waals surface area contributed by atoms with E-state index in [-0.39, 0.29) is 5.78 Å². The predicted octanol–water partition coefficient (Wildman–Crippen LogP) is 0.613. The van der Waals surface area contributed by atoms with Crippen LogP contribution in [-0.2, 0) is 6.42 Å². The van der Waals surface area contributed by atoms with Crippen LogP contribution in [0.2, 0.25) is 0 Å². The highest BCUT2D eigenvalue weighted by Crippen LogP contribution is 2.13. The summed E-state index contributed by atoms with van der Waals surface area (Å²) in [6.45, 7) is 3.70. The molecule has 1 aliphatic rings. The predicted molar refractivity (Wildman–Crippen MR) is 66.8 cm³/mol. The molecule has 3 heterocycles. The van der Waals surface area contributed by atoms with E-state index in [1.54, 1.807) is 10.9 Å². The van der Waals surface area contributed by atoms with E-state index >= 15 is 0 Å². The Bertz CT molecular complexity index is 572. The second kappa shape index (κ2) is 4.58. The smallest absolute Gasteiger partial charge is 0.191 e. The molecule has 1 N–H and O–H groups in total. The maximum atomic E-state index is 12.0. The number of hydrogen-bond donors (Lipinski definition) is 1. The van der Waals surface area contributed by atoms with E-state index in [1.807, 2.05) is 12.3 Å². The van der Waals surface area contributed by atoms with Crippen LogP contribution in [0, 0.1) is 6.92 Å². The van der Waals surface area contributed by atoms with Crippen molar-refractivity contribution < 1.29 is 4.79 Å². The highest BCUT2D eigenvalue weighted by atomic mass is 32.1. The largest absolute Gasteiger partial charge is 0.312 e. The quantitative estimate of drug-likeness (QED) is 0.818. The number of nitrogens with one attached hydrogen (secondary N) is 1. The molecule has 1 aliphatic heterocycles. The third kappa shape index (κ3) is 2.19. The van der Waals surface area contributed by atoms with Crippen molar-refractivity contribution in [3.8, 4) is 0 Å². The highest BCUT2D eigenvalue weighted by molar-refractivity contribution is 7.09. The standard InChI is InChI=1S/C11H13N5OS/c1-7-6-18-11(13-7)2-10(17)9-5-16(15-14-9)8-3-12-4-8/h5-6,8,12H,2-4H2,1H3. The van der Waals surface area contributed by atoms with Gasteiger partial charge in [-0.05, 0) is 6.92 Å². The number of carbonyl (C=O) groups is 1. The molecule has 0 atom stereocenters. The zero-order valence-corrected chi connectivity index (χ0v) is 10.8. The molecule has 0 spiro atoms. The van der Waals surface area contributed by atoms with Gasteiger partial charge in [0.05, 0.1) is 18.7 Å². The van der Waals surface area contributed by atoms with Gasteiger partial charge in [-0.1, -0.05) is 5.21 Å². The summed E-state index contributed by atoms with van der Waals surface area (Å²) in [5.41, 5.74) is 1.38. The minimum Gasteiger partial charge on any atom is -0.312 e. The minimum absolute atomic E-state index is 0.0251. The molecule has 18 heavy (non-hydrogen) atoms. The van der Waals surface area contributed by atoms with Crippen molar-refractivity contribution in [3.05, 3.63) is 28.0 Å². The number of carbonyl (C=O) groups excluding carboxylic acids is 1. The molecule has 0 aliphatic carbocycles. The fourth-order valence-corrected chi connectivity index (χ4v) is 2.53. The Morgan fingerprint density at radius 3 is 3.06 bits per heavy atom. The number of hydrogen-bond acceptors (Lipinski definition) is 6. The molecule has 7 heteroatoms. The lowest BCUT2D eigenvalue weighted by atomic mass is 10.2. The molecule has 0 bridgehead atoms. The van der Waals surface area contributed by atoms with Crippen molar-refractivity contribution in [2.24, 2.45) is 0 Å². The van der Waals surface area contributed by atoms with Gasteiger partial charge in [-0.25, -0.2) is 9.67 Å². The number of aromatic nitrogens is 4. The number of nitrogens with zero attached hydrogens (tertiary/aromatic N) is 4. The lowest BCUT2D eigenvalue weighted by Gasteiger charge is -2.26. The summed E-state index contributed by atoms with van der Waals surface area (Å²) >= 11 is 1.50. The molecule has 0 unspecified atom stereocenters. The lowest BCUT2D eigenvalue weighted by Crippen LogP contribution is -2.43. The first-order chi connectivity index (χ1) is 8.72. The van der Waals surface area contributed by atoms with E-state index in [0.29, 0.717) is 18.2 Å². The van der Waals surface area contributed by atoms with Gasteiger partial charge in [-0.3, -0.25) is 4.79 Å². The van der Waals surface area contributed by atoms with Gasteiger partial charge in [-0.15, -0.1) is 16.4 Å². The zero-order valence-electron chi connectivity index (χ0n) is 9.96. The fourth-order valence-electron chi connectivity index (χ4n) is 1.76. The second-order valence-electron chi connectivity index (χ2n) is 4.38. The van der Waals surface area contributed by atoms with E-state index < -0.39 is 0 Å². The minimum atomic E-state index is -0.0251. The Kier molecular flexibility index (Phi) is 2.92. The Hall–Kier alpha value is -1.60. The molecule has 1 saturated heterocycles. The topological polar surface area (TPSA) is 72.7 Å². The van der Waals surface area contributed by atoms with Crippen LogP contribution in [0.4, 0.5) is 0 Å². The normalized spacial score (nSPS) is 15.6. The van der Waals surface area contributed by atoms with Gasteiger partial charge >= 0.3 is 0 Å². The van der Waals surface area contributed by atoms with Gasteiger partial charge in [0.2, 0.25) is 0 Å². The van der Waals surface area contributed by atoms with E-state index in [0.717, 1.165) is 23.8 Å². The number of rotatable bonds is 4. The molecule has 94 valence electrons. The molecule has 2 aromatic heterocycles. The third-order valence-electron chi connectivity index (χ3n) is 2.91. The van der Waals surface area contributed by atoms with Crippen LogP contribution in [0.25, 0.3) is 0 Å². The van der Waals surface area contributed by atoms with Crippen molar-refractivity contribution in [2.75, 3.05) is 13.1 Å². The first-order valence-electron chi connectivity index (χ1n) is 5.79. The number of ketones is 1. The maximum absolute atomic E-state index is 12.0. The molecule has 0 radical (unpaired) electrons. The molecule has 0 amide bonds. The molecular weight excluding hydrogens is 250 g/mol. The Morgan fingerprint density at radius 2 is 2.44 bits per heavy atom. The van der Waals surface area contributed by atoms with Crippen LogP contribution in [0.1, 0.15) is 27.2 Å². The highest BCUT2D eigenvalue weighted by Gasteiger charge is 2.21. The Morgan fingerprint density at radius 1 is 1.61 bits per heavy atom. The number of Topliss-reactive ketones (excluding diaryl/α,β-unsaturated/α-hetero) is 1. The van der Waals surface area contributed by atoms with Crippen molar-refractivity contribution in [2.45, 2.75) is 19.4 Å².